The number of carbonyl (C=O) groups is 8. The standard InChI is InChI=1S/C41H67N5O10/c1-14-15-16-25(6)20-26(7)38(51)43(12)32(19-23(2)3)37(50)42-35(28(9)55-29(10)47)40(53)44(13)36(24(4)5)41(54)45-22-31(56-30(11)48)21-33(45)39(52)46-27(8)17-18-34(46)49/h17-18,23-28,31-33,35-36H,14-16,19-22H2,1-13H3,(H,42,50)/t25?,26?,27?,28-,31+,32+,33+,35+,36+/m1/s1. The predicted molar refractivity (Wildman–Crippen MR) is 209 cm³/mol. The van der Waals surface area contributed by atoms with Crippen LogP contribution < -0.4 is 5.32 Å². The minimum absolute atomic E-state index is 0.00741. The monoisotopic (exact) mass is 789 g/mol. The van der Waals surface area contributed by atoms with Gasteiger partial charge in [0.05, 0.1) is 12.6 Å². The van der Waals surface area contributed by atoms with Crippen molar-refractivity contribution in [2.45, 2.75) is 157 Å². The zero-order valence-corrected chi connectivity index (χ0v) is 35.8. The van der Waals surface area contributed by atoms with E-state index < -0.39 is 89.8 Å². The fraction of sp³-hybridized carbons (Fsp3) is 0.756. The van der Waals surface area contributed by atoms with E-state index >= 15 is 0 Å². The Morgan fingerprint density at radius 3 is 2.04 bits per heavy atom. The maximum Gasteiger partial charge on any atom is 0.302 e. The minimum Gasteiger partial charge on any atom is -0.461 e. The summed E-state index contributed by atoms with van der Waals surface area (Å²) in [6, 6.07) is -5.34. The number of esters is 2. The molecule has 316 valence electrons. The van der Waals surface area contributed by atoms with E-state index in [0.29, 0.717) is 18.8 Å². The smallest absolute Gasteiger partial charge is 0.302 e. The third-order valence-electron chi connectivity index (χ3n) is 10.6. The van der Waals surface area contributed by atoms with Gasteiger partial charge in [-0.1, -0.05) is 73.8 Å². The van der Waals surface area contributed by atoms with Gasteiger partial charge in [-0.3, -0.25) is 43.3 Å². The van der Waals surface area contributed by atoms with Gasteiger partial charge in [0.2, 0.25) is 23.6 Å². The third kappa shape index (κ3) is 12.6. The van der Waals surface area contributed by atoms with Gasteiger partial charge in [0.15, 0.2) is 0 Å². The van der Waals surface area contributed by atoms with Crippen molar-refractivity contribution in [1.29, 1.82) is 0 Å². The molecule has 0 aliphatic carbocycles. The van der Waals surface area contributed by atoms with Crippen molar-refractivity contribution in [1.82, 2.24) is 24.9 Å². The summed E-state index contributed by atoms with van der Waals surface area (Å²) in [5, 5.41) is 2.77. The maximum absolute atomic E-state index is 14.5. The first-order valence-electron chi connectivity index (χ1n) is 20.1. The first kappa shape index (κ1) is 47.9. The predicted octanol–water partition coefficient (Wildman–Crippen LogP) is 3.48. The van der Waals surface area contributed by atoms with Gasteiger partial charge < -0.3 is 29.5 Å². The first-order valence-corrected chi connectivity index (χ1v) is 20.1. The third-order valence-corrected chi connectivity index (χ3v) is 10.6. The quantitative estimate of drug-likeness (QED) is 0.150. The molecule has 0 bridgehead atoms. The van der Waals surface area contributed by atoms with Crippen molar-refractivity contribution in [3.8, 4) is 0 Å². The van der Waals surface area contributed by atoms with Gasteiger partial charge in [0.1, 0.15) is 36.4 Å². The molecule has 6 amide bonds. The molecule has 0 aromatic rings. The van der Waals surface area contributed by atoms with Crippen LogP contribution in [0.4, 0.5) is 0 Å². The van der Waals surface area contributed by atoms with E-state index in [4.69, 9.17) is 9.47 Å². The maximum atomic E-state index is 14.5. The second kappa shape index (κ2) is 21.3. The number of hydrogen-bond donors (Lipinski definition) is 1. The molecule has 2 rings (SSSR count). The summed E-state index contributed by atoms with van der Waals surface area (Å²) in [6.07, 6.45) is 4.85. The average Bonchev–Trinajstić information content (AvgIpc) is 3.67. The summed E-state index contributed by atoms with van der Waals surface area (Å²) >= 11 is 0. The lowest BCUT2D eigenvalue weighted by Gasteiger charge is -2.38. The lowest BCUT2D eigenvalue weighted by molar-refractivity contribution is -0.157. The Hall–Kier alpha value is -4.30. The molecule has 9 atom stereocenters. The van der Waals surface area contributed by atoms with Crippen LogP contribution in [0.5, 0.6) is 0 Å². The number of carbonyl (C=O) groups excluding carboxylic acids is 8. The van der Waals surface area contributed by atoms with E-state index in [9.17, 15) is 38.4 Å². The number of unbranched alkanes of at least 4 members (excludes halogenated alkanes) is 1. The summed E-state index contributed by atoms with van der Waals surface area (Å²) in [5.74, 6) is -5.24. The number of imide groups is 1. The lowest BCUT2D eigenvalue weighted by atomic mass is 9.91. The van der Waals surface area contributed by atoms with Gasteiger partial charge in [-0.05, 0) is 44.4 Å². The number of likely N-dealkylation sites (N-methyl/N-ethyl adjacent to an activating group) is 2. The number of amides is 6. The highest BCUT2D eigenvalue weighted by Gasteiger charge is 2.49. The van der Waals surface area contributed by atoms with Crippen LogP contribution in [0, 0.1) is 23.7 Å². The Morgan fingerprint density at radius 2 is 1.54 bits per heavy atom. The van der Waals surface area contributed by atoms with Crippen LogP contribution in [0.2, 0.25) is 0 Å². The molecule has 2 heterocycles. The van der Waals surface area contributed by atoms with Gasteiger partial charge in [0, 0.05) is 46.4 Å². The Kier molecular flexibility index (Phi) is 18.2. The van der Waals surface area contributed by atoms with Crippen molar-refractivity contribution in [3.05, 3.63) is 12.2 Å². The van der Waals surface area contributed by atoms with E-state index in [1.165, 1.54) is 43.7 Å². The summed E-state index contributed by atoms with van der Waals surface area (Å²) in [4.78, 5) is 112. The highest BCUT2D eigenvalue weighted by molar-refractivity contribution is 6.06. The molecule has 1 fully saturated rings. The molecule has 2 aliphatic heterocycles. The van der Waals surface area contributed by atoms with Crippen LogP contribution in [0.3, 0.4) is 0 Å². The number of nitrogens with zero attached hydrogens (tertiary/aromatic N) is 4. The molecule has 3 unspecified atom stereocenters. The molecule has 0 spiro atoms. The molecule has 0 saturated carbocycles. The zero-order valence-electron chi connectivity index (χ0n) is 35.8. The van der Waals surface area contributed by atoms with Gasteiger partial charge in [-0.25, -0.2) is 0 Å². The number of nitrogens with one attached hydrogen (secondary N) is 1. The van der Waals surface area contributed by atoms with Crippen LogP contribution in [-0.2, 0) is 47.8 Å². The molecule has 0 aromatic heterocycles. The molecule has 15 heteroatoms. The van der Waals surface area contributed by atoms with Crippen LogP contribution in [-0.4, -0.2) is 130 Å². The summed E-state index contributed by atoms with van der Waals surface area (Å²) in [7, 11) is 2.97. The number of hydrogen-bond acceptors (Lipinski definition) is 10. The van der Waals surface area contributed by atoms with Crippen LogP contribution in [0.25, 0.3) is 0 Å². The summed E-state index contributed by atoms with van der Waals surface area (Å²) in [5.41, 5.74) is 0. The minimum atomic E-state index is -1.46. The zero-order chi connectivity index (χ0) is 42.8. The molecular weight excluding hydrogens is 722 g/mol. The Labute approximate surface area is 333 Å². The highest BCUT2D eigenvalue weighted by atomic mass is 16.5. The summed E-state index contributed by atoms with van der Waals surface area (Å²) in [6.45, 7) is 18.7. The topological polar surface area (TPSA) is 180 Å². The van der Waals surface area contributed by atoms with Crippen molar-refractivity contribution in [2.24, 2.45) is 23.7 Å². The van der Waals surface area contributed by atoms with Gasteiger partial charge in [0.25, 0.3) is 11.8 Å². The molecule has 0 aromatic carbocycles. The summed E-state index contributed by atoms with van der Waals surface area (Å²) < 4.78 is 10.8. The lowest BCUT2D eigenvalue weighted by Crippen LogP contribution is -2.62. The average molecular weight is 790 g/mol. The van der Waals surface area contributed by atoms with Gasteiger partial charge in [-0.2, -0.15) is 0 Å². The molecule has 1 N–H and O–H groups in total. The van der Waals surface area contributed by atoms with Crippen LogP contribution >= 0.6 is 0 Å². The second-order valence-electron chi connectivity index (χ2n) is 16.5. The molecule has 0 radical (unpaired) electrons. The Balaban J connectivity index is 2.47. The van der Waals surface area contributed by atoms with Gasteiger partial charge >= 0.3 is 11.9 Å². The molecule has 1 saturated heterocycles. The van der Waals surface area contributed by atoms with E-state index in [1.54, 1.807) is 33.9 Å². The van der Waals surface area contributed by atoms with Crippen LogP contribution in [0.15, 0.2) is 12.2 Å². The Bertz CT molecular complexity index is 1480. The van der Waals surface area contributed by atoms with Crippen molar-refractivity contribution in [3.63, 3.8) is 0 Å². The molecule has 56 heavy (non-hydrogen) atoms. The number of likely N-dealkylation sites (tertiary alicyclic amines) is 1. The van der Waals surface area contributed by atoms with E-state index in [0.717, 1.165) is 29.1 Å². The first-order chi connectivity index (χ1) is 26.0. The SMILES string of the molecule is CCCCC(C)CC(C)C(=O)N(C)[C@@H](CC(C)C)C(=O)N[C@H](C(=O)N(C)[C@H](C(=O)N1C[C@@H](OC(C)=O)C[C@H]1C(=O)N1C(=O)C=CC1C)C(C)C)[C@@H](C)OC(C)=O. The highest BCUT2D eigenvalue weighted by Crippen LogP contribution is 2.29. The van der Waals surface area contributed by atoms with E-state index in [1.807, 2.05) is 20.8 Å². The van der Waals surface area contributed by atoms with E-state index in [-0.39, 0.29) is 30.7 Å². The Morgan fingerprint density at radius 1 is 0.911 bits per heavy atom. The van der Waals surface area contributed by atoms with Crippen molar-refractivity contribution < 1.29 is 47.8 Å². The van der Waals surface area contributed by atoms with Crippen LogP contribution in [0.1, 0.15) is 115 Å². The molecule has 15 nitrogen and oxygen atoms in total. The number of rotatable bonds is 19. The second-order valence-corrected chi connectivity index (χ2v) is 16.5. The molecular formula is C41H67N5O10. The molecule has 2 aliphatic rings. The fourth-order valence-electron chi connectivity index (χ4n) is 7.80. The largest absolute Gasteiger partial charge is 0.461 e. The van der Waals surface area contributed by atoms with E-state index in [2.05, 4.69) is 19.2 Å². The van der Waals surface area contributed by atoms with Crippen molar-refractivity contribution in [2.75, 3.05) is 20.6 Å². The van der Waals surface area contributed by atoms with Crippen molar-refractivity contribution >= 4 is 47.4 Å². The van der Waals surface area contributed by atoms with Gasteiger partial charge in [-0.15, -0.1) is 0 Å². The normalized spacial score (nSPS) is 21.3. The fourth-order valence-corrected chi connectivity index (χ4v) is 7.80. The number of ether oxygens (including phenoxy) is 2.